The Hall–Kier alpha value is -2.97. The second kappa shape index (κ2) is 7.46. The topological polar surface area (TPSA) is 72.7 Å². The number of carbonyl (C=O) groups excluding carboxylic acids is 1. The Morgan fingerprint density at radius 3 is 2.55 bits per heavy atom. The fourth-order valence-corrected chi connectivity index (χ4v) is 3.71. The smallest absolute Gasteiger partial charge is 0.309 e. The van der Waals surface area contributed by atoms with Gasteiger partial charge in [0, 0.05) is 5.92 Å². The summed E-state index contributed by atoms with van der Waals surface area (Å²) in [5, 5.41) is 2.71. The van der Waals surface area contributed by atoms with Gasteiger partial charge in [0.25, 0.3) is 0 Å². The summed E-state index contributed by atoms with van der Waals surface area (Å²) in [6, 6.07) is 4.88. The Bertz CT molecular complexity index is 1040. The van der Waals surface area contributed by atoms with Crippen molar-refractivity contribution in [3.63, 3.8) is 0 Å². The lowest BCUT2D eigenvalue weighted by Crippen LogP contribution is -2.25. The molecule has 0 unspecified atom stereocenters. The zero-order valence-corrected chi connectivity index (χ0v) is 15.8. The predicted molar refractivity (Wildman–Crippen MR) is 102 cm³/mol. The number of anilines is 1. The van der Waals surface area contributed by atoms with E-state index in [4.69, 9.17) is 0 Å². The van der Waals surface area contributed by atoms with Gasteiger partial charge >= 0.3 is 6.18 Å². The van der Waals surface area contributed by atoms with Crippen LogP contribution in [-0.4, -0.2) is 25.4 Å². The molecule has 1 aliphatic carbocycles. The van der Waals surface area contributed by atoms with Crippen molar-refractivity contribution in [2.24, 2.45) is 5.92 Å². The monoisotopic (exact) mass is 403 g/mol. The van der Waals surface area contributed by atoms with E-state index in [1.165, 1.54) is 12.4 Å². The minimum absolute atomic E-state index is 0.0145. The lowest BCUT2D eigenvalue weighted by Gasteiger charge is -2.20. The molecule has 1 saturated carbocycles. The summed E-state index contributed by atoms with van der Waals surface area (Å²) in [4.78, 5) is 24.3. The van der Waals surface area contributed by atoms with Gasteiger partial charge in [0.2, 0.25) is 11.7 Å². The highest BCUT2D eigenvalue weighted by molar-refractivity contribution is 5.91. The Balaban J connectivity index is 1.65. The van der Waals surface area contributed by atoms with Crippen LogP contribution in [0, 0.1) is 12.8 Å². The molecule has 4 rings (SSSR count). The van der Waals surface area contributed by atoms with Crippen LogP contribution in [-0.2, 0) is 11.0 Å². The molecule has 0 bridgehead atoms. The maximum atomic E-state index is 13.5. The average Bonchev–Trinajstić information content (AvgIpc) is 3.08. The highest BCUT2D eigenvalue weighted by atomic mass is 19.4. The molecule has 1 fully saturated rings. The number of aromatic nitrogens is 4. The van der Waals surface area contributed by atoms with Gasteiger partial charge in [-0.1, -0.05) is 25.3 Å². The van der Waals surface area contributed by atoms with E-state index >= 15 is 0 Å². The molecule has 0 saturated heterocycles. The molecule has 6 nitrogen and oxygen atoms in total. The van der Waals surface area contributed by atoms with Gasteiger partial charge in [-0.3, -0.25) is 9.36 Å². The predicted octanol–water partition coefficient (Wildman–Crippen LogP) is 4.66. The van der Waals surface area contributed by atoms with Gasteiger partial charge in [0.1, 0.15) is 0 Å². The Morgan fingerprint density at radius 1 is 1.14 bits per heavy atom. The molecule has 1 amide bonds. The van der Waals surface area contributed by atoms with Crippen molar-refractivity contribution in [1.29, 1.82) is 0 Å². The van der Waals surface area contributed by atoms with Crippen LogP contribution in [0.5, 0.6) is 0 Å². The molecule has 3 aromatic rings. The maximum Gasteiger partial charge on any atom is 0.450 e. The van der Waals surface area contributed by atoms with Gasteiger partial charge < -0.3 is 5.32 Å². The summed E-state index contributed by atoms with van der Waals surface area (Å²) in [6.45, 7) is 1.79. The maximum absolute atomic E-state index is 13.5. The van der Waals surface area contributed by atoms with E-state index in [0.29, 0.717) is 0 Å². The molecule has 9 heteroatoms. The van der Waals surface area contributed by atoms with Crippen molar-refractivity contribution in [1.82, 2.24) is 19.5 Å². The number of nitrogens with one attached hydrogen (secondary N) is 1. The van der Waals surface area contributed by atoms with E-state index in [2.05, 4.69) is 20.3 Å². The van der Waals surface area contributed by atoms with Gasteiger partial charge in [-0.05, 0) is 37.5 Å². The molecule has 0 atom stereocenters. The fraction of sp³-hybridized carbons (Fsp3) is 0.400. The van der Waals surface area contributed by atoms with Crippen LogP contribution in [0.1, 0.15) is 43.5 Å². The van der Waals surface area contributed by atoms with Crippen molar-refractivity contribution in [2.45, 2.75) is 45.2 Å². The molecule has 0 spiro atoms. The number of benzene rings is 1. The van der Waals surface area contributed by atoms with Crippen LogP contribution in [0.3, 0.4) is 0 Å². The number of amides is 1. The molecule has 1 aliphatic rings. The largest absolute Gasteiger partial charge is 0.450 e. The molecule has 2 heterocycles. The molecular weight excluding hydrogens is 383 g/mol. The van der Waals surface area contributed by atoms with Crippen molar-refractivity contribution in [3.05, 3.63) is 42.0 Å². The number of imidazole rings is 1. The van der Waals surface area contributed by atoms with Crippen LogP contribution in [0.2, 0.25) is 0 Å². The highest BCUT2D eigenvalue weighted by Crippen LogP contribution is 2.33. The summed E-state index contributed by atoms with van der Waals surface area (Å²) in [6.07, 6.45) is 2.70. The Kier molecular flexibility index (Phi) is 4.97. The molecular formula is C20H20F3N5O. The quantitative estimate of drug-likeness (QED) is 0.690. The molecule has 0 radical (unpaired) electrons. The summed E-state index contributed by atoms with van der Waals surface area (Å²) >= 11 is 0. The third kappa shape index (κ3) is 3.94. The Morgan fingerprint density at radius 2 is 1.90 bits per heavy atom. The first-order valence-electron chi connectivity index (χ1n) is 9.52. The number of halogens is 3. The summed E-state index contributed by atoms with van der Waals surface area (Å²) in [7, 11) is 0. The van der Waals surface area contributed by atoms with Crippen molar-refractivity contribution in [3.8, 4) is 5.82 Å². The third-order valence-corrected chi connectivity index (χ3v) is 5.16. The minimum atomic E-state index is -4.65. The van der Waals surface area contributed by atoms with Crippen LogP contribution in [0.15, 0.2) is 30.6 Å². The normalized spacial score (nSPS) is 15.6. The molecule has 1 aromatic carbocycles. The standard InChI is InChI=1S/C20H20F3N5O/c1-12-7-8-15-14(9-12)26-19(20(21,22)23)28(15)17-11-24-16(10-25-17)27-18(29)13-5-3-2-4-6-13/h7-11,13H,2-6H2,1H3,(H,24,27,29). The molecule has 29 heavy (non-hydrogen) atoms. The zero-order chi connectivity index (χ0) is 20.6. The summed E-state index contributed by atoms with van der Waals surface area (Å²) in [5.41, 5.74) is 1.33. The summed E-state index contributed by atoms with van der Waals surface area (Å²) < 4.78 is 41.6. The summed E-state index contributed by atoms with van der Waals surface area (Å²) in [5.74, 6) is -1.03. The molecule has 2 aromatic heterocycles. The van der Waals surface area contributed by atoms with Crippen molar-refractivity contribution < 1.29 is 18.0 Å². The average molecular weight is 403 g/mol. The Labute approximate surface area is 165 Å². The first kappa shape index (κ1) is 19.4. The SMILES string of the molecule is Cc1ccc2c(c1)nc(C(F)(F)F)n2-c1cnc(NC(=O)C2CCCCC2)cn1. The van der Waals surface area contributed by atoms with E-state index in [9.17, 15) is 18.0 Å². The second-order valence-corrected chi connectivity index (χ2v) is 7.34. The van der Waals surface area contributed by atoms with E-state index in [0.717, 1.165) is 42.2 Å². The van der Waals surface area contributed by atoms with Crippen LogP contribution in [0.4, 0.5) is 19.0 Å². The number of fused-ring (bicyclic) bond motifs is 1. The van der Waals surface area contributed by atoms with Gasteiger partial charge in [-0.2, -0.15) is 13.2 Å². The van der Waals surface area contributed by atoms with E-state index in [1.807, 2.05) is 0 Å². The number of aryl methyl sites for hydroxylation is 1. The van der Waals surface area contributed by atoms with Gasteiger partial charge in [0.15, 0.2) is 11.6 Å². The number of nitrogens with zero attached hydrogens (tertiary/aromatic N) is 4. The number of rotatable bonds is 3. The van der Waals surface area contributed by atoms with E-state index in [-0.39, 0.29) is 34.5 Å². The molecule has 0 aliphatic heterocycles. The molecule has 152 valence electrons. The zero-order valence-electron chi connectivity index (χ0n) is 15.8. The fourth-order valence-electron chi connectivity index (χ4n) is 3.71. The first-order chi connectivity index (χ1) is 13.8. The lowest BCUT2D eigenvalue weighted by atomic mass is 9.89. The highest BCUT2D eigenvalue weighted by Gasteiger charge is 2.38. The van der Waals surface area contributed by atoms with E-state index < -0.39 is 12.0 Å². The number of hydrogen-bond acceptors (Lipinski definition) is 4. The molecule has 1 N–H and O–H groups in total. The van der Waals surface area contributed by atoms with Crippen LogP contribution >= 0.6 is 0 Å². The van der Waals surface area contributed by atoms with Crippen molar-refractivity contribution >= 4 is 22.8 Å². The van der Waals surface area contributed by atoms with Gasteiger partial charge in [-0.25, -0.2) is 15.0 Å². The van der Waals surface area contributed by atoms with Gasteiger partial charge in [0.05, 0.1) is 23.4 Å². The van der Waals surface area contributed by atoms with Crippen molar-refractivity contribution in [2.75, 3.05) is 5.32 Å². The van der Waals surface area contributed by atoms with E-state index in [1.54, 1.807) is 25.1 Å². The number of hydrogen-bond donors (Lipinski definition) is 1. The number of alkyl halides is 3. The van der Waals surface area contributed by atoms with Crippen LogP contribution in [0.25, 0.3) is 16.9 Å². The van der Waals surface area contributed by atoms with Crippen LogP contribution < -0.4 is 5.32 Å². The van der Waals surface area contributed by atoms with Gasteiger partial charge in [-0.15, -0.1) is 0 Å². The third-order valence-electron chi connectivity index (χ3n) is 5.16. The lowest BCUT2D eigenvalue weighted by molar-refractivity contribution is -0.145. The first-order valence-corrected chi connectivity index (χ1v) is 9.52. The second-order valence-electron chi connectivity index (χ2n) is 7.34. The number of carbonyl (C=O) groups is 1. The minimum Gasteiger partial charge on any atom is -0.309 e.